The second-order valence-corrected chi connectivity index (χ2v) is 5.55. The minimum atomic E-state index is -0.509. The summed E-state index contributed by atoms with van der Waals surface area (Å²) in [5, 5.41) is 0. The third-order valence-electron chi connectivity index (χ3n) is 2.62. The molecule has 0 aromatic heterocycles. The van der Waals surface area contributed by atoms with Crippen LogP contribution in [0.2, 0.25) is 0 Å². The zero-order valence-corrected chi connectivity index (χ0v) is 14.3. The standard InChI is InChI=1S/C16H28N2O3/c1-8-13(2)18(15(19)21-16(4,5)6)11-9-10-12-20-14(3)17-7/h8-10H,11-12H2,1-7H3. The van der Waals surface area contributed by atoms with Gasteiger partial charge in [0, 0.05) is 26.2 Å². The highest BCUT2D eigenvalue weighted by molar-refractivity contribution is 5.73. The lowest BCUT2D eigenvalue weighted by atomic mass is 10.2. The Morgan fingerprint density at radius 1 is 1.24 bits per heavy atom. The summed E-state index contributed by atoms with van der Waals surface area (Å²) >= 11 is 0. The molecule has 5 heteroatoms. The Morgan fingerprint density at radius 2 is 1.86 bits per heavy atom. The normalized spacial score (nSPS) is 13.5. The molecule has 0 saturated carbocycles. The van der Waals surface area contributed by atoms with Crippen LogP contribution >= 0.6 is 0 Å². The van der Waals surface area contributed by atoms with Crippen LogP contribution < -0.4 is 0 Å². The third kappa shape index (κ3) is 8.89. The lowest BCUT2D eigenvalue weighted by Crippen LogP contribution is -2.35. The molecule has 120 valence electrons. The van der Waals surface area contributed by atoms with Crippen molar-refractivity contribution in [1.29, 1.82) is 0 Å². The predicted octanol–water partition coefficient (Wildman–Crippen LogP) is 3.77. The van der Waals surface area contributed by atoms with Gasteiger partial charge in [-0.05, 0) is 40.7 Å². The molecule has 0 bridgehead atoms. The van der Waals surface area contributed by atoms with Gasteiger partial charge in [-0.2, -0.15) is 0 Å². The van der Waals surface area contributed by atoms with Gasteiger partial charge in [-0.25, -0.2) is 4.79 Å². The lowest BCUT2D eigenvalue weighted by Gasteiger charge is -2.27. The summed E-state index contributed by atoms with van der Waals surface area (Å²) in [7, 11) is 1.68. The number of allylic oxidation sites excluding steroid dienone is 2. The minimum Gasteiger partial charge on any atom is -0.477 e. The number of amides is 1. The van der Waals surface area contributed by atoms with Crippen molar-refractivity contribution >= 4 is 12.0 Å². The fourth-order valence-corrected chi connectivity index (χ4v) is 1.32. The van der Waals surface area contributed by atoms with Crippen molar-refractivity contribution in [2.24, 2.45) is 4.99 Å². The maximum atomic E-state index is 12.2. The largest absolute Gasteiger partial charge is 0.477 e. The molecule has 0 aliphatic carbocycles. The average Bonchev–Trinajstić information content (AvgIpc) is 2.39. The SMILES string of the molecule is CC=C(C)N(CC=CCOC(C)=NC)C(=O)OC(C)(C)C. The molecule has 0 rings (SSSR count). The fraction of sp³-hybridized carbons (Fsp3) is 0.625. The third-order valence-corrected chi connectivity index (χ3v) is 2.62. The van der Waals surface area contributed by atoms with Gasteiger partial charge >= 0.3 is 6.09 Å². The van der Waals surface area contributed by atoms with Crippen molar-refractivity contribution in [1.82, 2.24) is 4.90 Å². The van der Waals surface area contributed by atoms with E-state index in [0.717, 1.165) is 5.70 Å². The van der Waals surface area contributed by atoms with Crippen LogP contribution in [0.1, 0.15) is 41.5 Å². The molecule has 0 unspecified atom stereocenters. The van der Waals surface area contributed by atoms with Crippen LogP contribution in [0.4, 0.5) is 4.79 Å². The van der Waals surface area contributed by atoms with E-state index in [1.807, 2.05) is 52.8 Å². The predicted molar refractivity (Wildman–Crippen MR) is 86.5 cm³/mol. The van der Waals surface area contributed by atoms with Crippen molar-refractivity contribution in [2.75, 3.05) is 20.2 Å². The van der Waals surface area contributed by atoms with Gasteiger partial charge in [-0.1, -0.05) is 12.2 Å². The maximum Gasteiger partial charge on any atom is 0.414 e. The first-order valence-electron chi connectivity index (χ1n) is 7.06. The Hall–Kier alpha value is -1.78. The van der Waals surface area contributed by atoms with Gasteiger partial charge in [0.05, 0.1) is 0 Å². The molecule has 0 radical (unpaired) electrons. The van der Waals surface area contributed by atoms with E-state index >= 15 is 0 Å². The van der Waals surface area contributed by atoms with Crippen molar-refractivity contribution in [3.05, 3.63) is 23.9 Å². The van der Waals surface area contributed by atoms with Crippen LogP contribution in [0.5, 0.6) is 0 Å². The van der Waals surface area contributed by atoms with Gasteiger partial charge in [-0.15, -0.1) is 0 Å². The zero-order chi connectivity index (χ0) is 16.5. The van der Waals surface area contributed by atoms with E-state index in [1.165, 1.54) is 0 Å². The summed E-state index contributed by atoms with van der Waals surface area (Å²) in [6.07, 6.45) is 5.26. The number of rotatable bonds is 5. The smallest absolute Gasteiger partial charge is 0.414 e. The lowest BCUT2D eigenvalue weighted by molar-refractivity contribution is 0.0331. The molecule has 1 amide bonds. The first-order valence-corrected chi connectivity index (χ1v) is 7.06. The number of aliphatic imine (C=N–C) groups is 1. The minimum absolute atomic E-state index is 0.352. The summed E-state index contributed by atoms with van der Waals surface area (Å²) < 4.78 is 10.7. The van der Waals surface area contributed by atoms with E-state index in [2.05, 4.69) is 4.99 Å². The Labute approximate surface area is 128 Å². The maximum absolute atomic E-state index is 12.2. The number of hydrogen-bond donors (Lipinski definition) is 0. The number of carbonyl (C=O) groups excluding carboxylic acids is 1. The van der Waals surface area contributed by atoms with Crippen molar-refractivity contribution in [3.63, 3.8) is 0 Å². The average molecular weight is 296 g/mol. The molecule has 5 nitrogen and oxygen atoms in total. The summed E-state index contributed by atoms with van der Waals surface area (Å²) in [6, 6.07) is 0. The second kappa shape index (κ2) is 9.21. The molecule has 0 aliphatic rings. The molecule has 0 aromatic carbocycles. The van der Waals surface area contributed by atoms with Crippen molar-refractivity contribution in [2.45, 2.75) is 47.1 Å². The Bertz CT molecular complexity index is 418. The second-order valence-electron chi connectivity index (χ2n) is 5.55. The van der Waals surface area contributed by atoms with Crippen molar-refractivity contribution < 1.29 is 14.3 Å². The van der Waals surface area contributed by atoms with E-state index in [0.29, 0.717) is 19.0 Å². The van der Waals surface area contributed by atoms with E-state index in [-0.39, 0.29) is 6.09 Å². The first-order chi connectivity index (χ1) is 9.71. The highest BCUT2D eigenvalue weighted by Gasteiger charge is 2.22. The molecular weight excluding hydrogens is 268 g/mol. The number of ether oxygens (including phenoxy) is 2. The zero-order valence-electron chi connectivity index (χ0n) is 14.3. The van der Waals surface area contributed by atoms with E-state index < -0.39 is 5.60 Å². The summed E-state index contributed by atoms with van der Waals surface area (Å²) in [4.78, 5) is 17.6. The quantitative estimate of drug-likeness (QED) is 0.441. The highest BCUT2D eigenvalue weighted by Crippen LogP contribution is 2.13. The number of nitrogens with zero attached hydrogens (tertiary/aromatic N) is 2. The van der Waals surface area contributed by atoms with Crippen LogP contribution in [-0.2, 0) is 9.47 Å². The molecule has 0 aliphatic heterocycles. The van der Waals surface area contributed by atoms with Gasteiger partial charge in [0.1, 0.15) is 12.2 Å². The molecule has 21 heavy (non-hydrogen) atoms. The van der Waals surface area contributed by atoms with Crippen LogP contribution in [0.25, 0.3) is 0 Å². The van der Waals surface area contributed by atoms with Gasteiger partial charge in [-0.3, -0.25) is 9.89 Å². The van der Waals surface area contributed by atoms with Gasteiger partial charge in [0.15, 0.2) is 5.90 Å². The van der Waals surface area contributed by atoms with Gasteiger partial charge in [0.25, 0.3) is 0 Å². The number of carbonyl (C=O) groups is 1. The van der Waals surface area contributed by atoms with Crippen LogP contribution in [0, 0.1) is 0 Å². The van der Waals surface area contributed by atoms with Gasteiger partial charge < -0.3 is 9.47 Å². The summed E-state index contributed by atoms with van der Waals surface area (Å²) in [6.45, 7) is 12.0. The fourth-order valence-electron chi connectivity index (χ4n) is 1.32. The molecule has 0 heterocycles. The Morgan fingerprint density at radius 3 is 2.33 bits per heavy atom. The summed E-state index contributed by atoms with van der Waals surface area (Å²) in [5.41, 5.74) is 0.339. The molecule has 0 aromatic rings. The molecular formula is C16H28N2O3. The molecule has 0 spiro atoms. The first kappa shape index (κ1) is 19.2. The van der Waals surface area contributed by atoms with Crippen LogP contribution in [0.15, 0.2) is 28.9 Å². The molecule has 0 atom stereocenters. The Kier molecular flexibility index (Phi) is 8.43. The van der Waals surface area contributed by atoms with E-state index in [4.69, 9.17) is 9.47 Å². The molecule has 0 fully saturated rings. The topological polar surface area (TPSA) is 51.1 Å². The number of hydrogen-bond acceptors (Lipinski definition) is 4. The summed E-state index contributed by atoms with van der Waals surface area (Å²) in [5.74, 6) is 0.633. The Balaban J connectivity index is 4.59. The van der Waals surface area contributed by atoms with Crippen LogP contribution in [-0.4, -0.2) is 42.7 Å². The van der Waals surface area contributed by atoms with Crippen molar-refractivity contribution in [3.8, 4) is 0 Å². The highest BCUT2D eigenvalue weighted by atomic mass is 16.6. The monoisotopic (exact) mass is 296 g/mol. The van der Waals surface area contributed by atoms with E-state index in [9.17, 15) is 4.79 Å². The molecule has 0 saturated heterocycles. The van der Waals surface area contributed by atoms with Crippen LogP contribution in [0.3, 0.4) is 0 Å². The molecule has 0 N–H and O–H groups in total. The van der Waals surface area contributed by atoms with E-state index in [1.54, 1.807) is 18.9 Å². The van der Waals surface area contributed by atoms with Gasteiger partial charge in [0.2, 0.25) is 0 Å².